The smallest absolute Gasteiger partial charge is 0.0933 e. The molecule has 2 nitrogen and oxygen atoms in total. The molecule has 34 valence electrons. The fourth-order valence-electron chi connectivity index (χ4n) is 0.136. The maximum atomic E-state index is 4.97. The first-order chi connectivity index (χ1) is 2.77. The topological polar surface area (TPSA) is 52.0 Å². The monoisotopic (exact) mass is 84.1 g/mol. The van der Waals surface area contributed by atoms with Gasteiger partial charge in [0.15, 0.2) is 0 Å². The van der Waals surface area contributed by atoms with Gasteiger partial charge in [0, 0.05) is 0 Å². The molecule has 2 heteroatoms. The molecule has 0 spiro atoms. The van der Waals surface area contributed by atoms with Crippen LogP contribution in [-0.2, 0) is 0 Å². The van der Waals surface area contributed by atoms with Gasteiger partial charge in [-0.05, 0) is 6.08 Å². The minimum Gasteiger partial charge on any atom is -0.386 e. The molecule has 0 saturated carbocycles. The lowest BCUT2D eigenvalue weighted by Gasteiger charge is -1.79. The summed E-state index contributed by atoms with van der Waals surface area (Å²) >= 11 is 0. The number of nitrogens with two attached hydrogens (primary N) is 2. The predicted octanol–water partition coefficient (Wildman–Crippen LogP) is -0.0688. The van der Waals surface area contributed by atoms with Crippen LogP contribution in [0.4, 0.5) is 0 Å². The van der Waals surface area contributed by atoms with Crippen LogP contribution in [-0.4, -0.2) is 0 Å². The fraction of sp³-hybridized carbons (Fsp3) is 0. The zero-order chi connectivity index (χ0) is 4.99. The maximum absolute atomic E-state index is 4.97. The molecule has 6 heavy (non-hydrogen) atoms. The van der Waals surface area contributed by atoms with Crippen molar-refractivity contribution in [2.75, 3.05) is 0 Å². The van der Waals surface area contributed by atoms with E-state index < -0.39 is 0 Å². The van der Waals surface area contributed by atoms with Crippen LogP contribution in [0.15, 0.2) is 24.6 Å². The number of hydrogen-bond donors (Lipinski definition) is 2. The third-order valence-electron chi connectivity index (χ3n) is 0.310. The molecule has 0 radical (unpaired) electrons. The Morgan fingerprint density at radius 1 is 1.50 bits per heavy atom. The molecule has 0 bridgehead atoms. The first kappa shape index (κ1) is 5.08. The lowest BCUT2D eigenvalue weighted by Crippen LogP contribution is -2.06. The van der Waals surface area contributed by atoms with Crippen molar-refractivity contribution in [2.45, 2.75) is 0 Å². The Bertz CT molecular complexity index is 69.6. The standard InChI is InChI=1S/C4H8N2/c1-2-3-4(5)6/h2-3H,1,5-6H2. The highest BCUT2D eigenvalue weighted by atomic mass is 14.8. The summed E-state index contributed by atoms with van der Waals surface area (Å²) in [4.78, 5) is 0. The van der Waals surface area contributed by atoms with Crippen LogP contribution in [0.1, 0.15) is 0 Å². The highest BCUT2D eigenvalue weighted by Gasteiger charge is 1.63. The van der Waals surface area contributed by atoms with Gasteiger partial charge in [0.05, 0.1) is 5.82 Å². The van der Waals surface area contributed by atoms with Crippen molar-refractivity contribution >= 4 is 0 Å². The summed E-state index contributed by atoms with van der Waals surface area (Å²) in [6.45, 7) is 3.36. The van der Waals surface area contributed by atoms with Crippen molar-refractivity contribution in [3.8, 4) is 0 Å². The quantitative estimate of drug-likeness (QED) is 0.437. The van der Waals surface area contributed by atoms with Crippen molar-refractivity contribution in [1.82, 2.24) is 0 Å². The lowest BCUT2D eigenvalue weighted by atomic mass is 10.6. The van der Waals surface area contributed by atoms with Crippen molar-refractivity contribution < 1.29 is 0 Å². The van der Waals surface area contributed by atoms with Crippen LogP contribution in [0, 0.1) is 0 Å². The SMILES string of the molecule is C=CC=C(N)N. The van der Waals surface area contributed by atoms with Gasteiger partial charge in [0.2, 0.25) is 0 Å². The van der Waals surface area contributed by atoms with Gasteiger partial charge in [0.25, 0.3) is 0 Å². The van der Waals surface area contributed by atoms with Gasteiger partial charge < -0.3 is 11.5 Å². The highest BCUT2D eigenvalue weighted by molar-refractivity contribution is 5.02. The number of hydrogen-bond acceptors (Lipinski definition) is 2. The van der Waals surface area contributed by atoms with Crippen LogP contribution in [0.5, 0.6) is 0 Å². The Hall–Kier alpha value is -0.920. The maximum Gasteiger partial charge on any atom is 0.0933 e. The molecule has 0 aliphatic rings. The van der Waals surface area contributed by atoms with E-state index in [1.54, 1.807) is 0 Å². The zero-order valence-electron chi connectivity index (χ0n) is 3.52. The molecule has 0 unspecified atom stereocenters. The molecule has 0 aromatic carbocycles. The van der Waals surface area contributed by atoms with E-state index in [1.165, 1.54) is 12.2 Å². The average molecular weight is 84.1 g/mol. The van der Waals surface area contributed by atoms with Gasteiger partial charge in [-0.2, -0.15) is 0 Å². The molecule has 4 N–H and O–H groups in total. The zero-order valence-corrected chi connectivity index (χ0v) is 3.52. The van der Waals surface area contributed by atoms with Gasteiger partial charge in [-0.3, -0.25) is 0 Å². The Morgan fingerprint density at radius 3 is 2.00 bits per heavy atom. The number of allylic oxidation sites excluding steroid dienone is 2. The van der Waals surface area contributed by atoms with Crippen LogP contribution in [0.3, 0.4) is 0 Å². The minimum atomic E-state index is 0.296. The van der Waals surface area contributed by atoms with Gasteiger partial charge in [-0.15, -0.1) is 0 Å². The fourth-order valence-corrected chi connectivity index (χ4v) is 0.136. The van der Waals surface area contributed by atoms with E-state index in [-0.39, 0.29) is 0 Å². The molecule has 0 atom stereocenters. The molecular formula is C4H8N2. The Kier molecular flexibility index (Phi) is 1.97. The van der Waals surface area contributed by atoms with Gasteiger partial charge in [0.1, 0.15) is 0 Å². The first-order valence-corrected chi connectivity index (χ1v) is 1.61. The summed E-state index contributed by atoms with van der Waals surface area (Å²) < 4.78 is 0. The van der Waals surface area contributed by atoms with E-state index in [1.807, 2.05) is 0 Å². The minimum absolute atomic E-state index is 0.296. The van der Waals surface area contributed by atoms with Crippen molar-refractivity contribution in [3.05, 3.63) is 24.6 Å². The van der Waals surface area contributed by atoms with E-state index in [0.29, 0.717) is 5.82 Å². The van der Waals surface area contributed by atoms with Gasteiger partial charge in [-0.25, -0.2) is 0 Å². The average Bonchev–Trinajstić information content (AvgIpc) is 1.35. The van der Waals surface area contributed by atoms with Crippen molar-refractivity contribution in [1.29, 1.82) is 0 Å². The van der Waals surface area contributed by atoms with Crippen molar-refractivity contribution in [2.24, 2.45) is 11.5 Å². The summed E-state index contributed by atoms with van der Waals surface area (Å²) in [7, 11) is 0. The molecule has 0 aliphatic carbocycles. The summed E-state index contributed by atoms with van der Waals surface area (Å²) in [5, 5.41) is 0. The predicted molar refractivity (Wildman–Crippen MR) is 26.7 cm³/mol. The molecule has 0 rings (SSSR count). The molecule has 0 aromatic rings. The van der Waals surface area contributed by atoms with Gasteiger partial charge >= 0.3 is 0 Å². The third-order valence-corrected chi connectivity index (χ3v) is 0.310. The molecule has 0 aromatic heterocycles. The second-order valence-electron chi connectivity index (χ2n) is 0.902. The molecule has 0 fully saturated rings. The normalized spacial score (nSPS) is 6.67. The summed E-state index contributed by atoms with van der Waals surface area (Å²) in [5.41, 5.74) is 9.94. The van der Waals surface area contributed by atoms with Crippen LogP contribution < -0.4 is 11.5 Å². The van der Waals surface area contributed by atoms with Crippen molar-refractivity contribution in [3.63, 3.8) is 0 Å². The molecule has 0 saturated heterocycles. The largest absolute Gasteiger partial charge is 0.386 e. The molecular weight excluding hydrogens is 76.1 g/mol. The molecule has 0 amide bonds. The van der Waals surface area contributed by atoms with Crippen LogP contribution >= 0.6 is 0 Å². The van der Waals surface area contributed by atoms with Crippen LogP contribution in [0.2, 0.25) is 0 Å². The second kappa shape index (κ2) is 2.33. The Balaban J connectivity index is 3.41. The molecule has 0 aliphatic heterocycles. The summed E-state index contributed by atoms with van der Waals surface area (Å²) in [6, 6.07) is 0. The summed E-state index contributed by atoms with van der Waals surface area (Å²) in [6.07, 6.45) is 3.06. The lowest BCUT2D eigenvalue weighted by molar-refractivity contribution is 1.25. The van der Waals surface area contributed by atoms with E-state index in [0.717, 1.165) is 0 Å². The number of rotatable bonds is 1. The van der Waals surface area contributed by atoms with Gasteiger partial charge in [-0.1, -0.05) is 12.7 Å². The van der Waals surface area contributed by atoms with Crippen LogP contribution in [0.25, 0.3) is 0 Å². The van der Waals surface area contributed by atoms with E-state index in [2.05, 4.69) is 6.58 Å². The molecule has 0 heterocycles. The summed E-state index contributed by atoms with van der Waals surface area (Å²) in [5.74, 6) is 0.296. The third kappa shape index (κ3) is 3.08. The Labute approximate surface area is 37.1 Å². The van der Waals surface area contributed by atoms with E-state index in [9.17, 15) is 0 Å². The first-order valence-electron chi connectivity index (χ1n) is 1.61. The van der Waals surface area contributed by atoms with E-state index >= 15 is 0 Å². The second-order valence-corrected chi connectivity index (χ2v) is 0.902. The highest BCUT2D eigenvalue weighted by Crippen LogP contribution is 1.66. The Morgan fingerprint density at radius 2 is 2.00 bits per heavy atom. The van der Waals surface area contributed by atoms with E-state index in [4.69, 9.17) is 11.5 Å².